The molecule has 2 aliphatic rings. The molecule has 2 aliphatic carbocycles. The van der Waals surface area contributed by atoms with Crippen molar-refractivity contribution < 1.29 is 9.66 Å². The monoisotopic (exact) mass is 309 g/mol. The minimum Gasteiger partial charge on any atom is -0.483 e. The van der Waals surface area contributed by atoms with Gasteiger partial charge in [-0.3, -0.25) is 10.1 Å². The third kappa shape index (κ3) is 1.95. The average molecular weight is 310 g/mol. The lowest BCUT2D eigenvalue weighted by Gasteiger charge is -2.38. The molecule has 1 aromatic carbocycles. The Hall–Kier alpha value is -1.29. The molecule has 0 spiro atoms. The number of halogens is 1. The van der Waals surface area contributed by atoms with Gasteiger partial charge in [-0.2, -0.15) is 0 Å². The number of para-hydroxylation sites is 1. The van der Waals surface area contributed by atoms with Gasteiger partial charge in [0.05, 0.1) is 4.92 Å². The van der Waals surface area contributed by atoms with Gasteiger partial charge in [0.25, 0.3) is 0 Å². The minimum absolute atomic E-state index is 0.0171. The lowest BCUT2D eigenvalue weighted by Crippen LogP contribution is -2.39. The van der Waals surface area contributed by atoms with Crippen LogP contribution < -0.4 is 4.74 Å². The van der Waals surface area contributed by atoms with Crippen LogP contribution in [0, 0.1) is 26.9 Å². The Labute approximate surface area is 129 Å². The van der Waals surface area contributed by atoms with E-state index in [1.165, 1.54) is 12.5 Å². The second-order valence-corrected chi connectivity index (χ2v) is 7.47. The van der Waals surface area contributed by atoms with E-state index in [1.807, 2.05) is 0 Å². The second kappa shape index (κ2) is 4.60. The second-order valence-electron chi connectivity index (χ2n) is 7.06. The third-order valence-corrected chi connectivity index (χ3v) is 6.42. The zero-order valence-electron chi connectivity index (χ0n) is 12.6. The fraction of sp³-hybridized carbons (Fsp3) is 0.625. The van der Waals surface area contributed by atoms with E-state index in [4.69, 9.17) is 16.3 Å². The van der Waals surface area contributed by atoms with E-state index < -0.39 is 4.92 Å². The van der Waals surface area contributed by atoms with Gasteiger partial charge in [-0.15, -0.1) is 0 Å². The van der Waals surface area contributed by atoms with Crippen molar-refractivity contribution in [1.29, 1.82) is 0 Å². The predicted molar refractivity (Wildman–Crippen MR) is 81.8 cm³/mol. The quantitative estimate of drug-likeness (QED) is 0.593. The maximum atomic E-state index is 11.2. The number of nitro benzene ring substituents is 1. The molecule has 0 aliphatic heterocycles. The van der Waals surface area contributed by atoms with Crippen molar-refractivity contribution in [2.24, 2.45) is 16.7 Å². The standard InChI is InChI=1S/C16H20ClNO3/c1-15(2)10-7-8-16(15,3)13(9-10)21-12-6-4-5-11(17)14(12)18(19)20/h4-6,10,13H,7-9H2,1-3H3. The topological polar surface area (TPSA) is 52.4 Å². The number of hydrogen-bond donors (Lipinski definition) is 0. The summed E-state index contributed by atoms with van der Waals surface area (Å²) in [4.78, 5) is 10.8. The lowest BCUT2D eigenvalue weighted by molar-refractivity contribution is -0.386. The average Bonchev–Trinajstić information content (AvgIpc) is 2.71. The molecule has 3 unspecified atom stereocenters. The molecule has 0 aromatic heterocycles. The van der Waals surface area contributed by atoms with E-state index in [0.29, 0.717) is 11.7 Å². The number of benzene rings is 1. The van der Waals surface area contributed by atoms with Crippen molar-refractivity contribution in [2.45, 2.75) is 46.1 Å². The molecule has 0 amide bonds. The molecule has 0 radical (unpaired) electrons. The molecule has 5 heteroatoms. The van der Waals surface area contributed by atoms with Gasteiger partial charge < -0.3 is 4.74 Å². The SMILES string of the molecule is CC1(C)C2CCC1(C)C(Oc1cccc(Cl)c1[N+](=O)[O-])C2. The minimum atomic E-state index is -0.460. The molecule has 2 saturated carbocycles. The van der Waals surface area contributed by atoms with E-state index in [-0.39, 0.29) is 27.6 Å². The first-order valence-corrected chi connectivity index (χ1v) is 7.75. The van der Waals surface area contributed by atoms with Crippen LogP contribution in [0.15, 0.2) is 18.2 Å². The smallest absolute Gasteiger partial charge is 0.329 e. The zero-order chi connectivity index (χ0) is 15.4. The Morgan fingerprint density at radius 3 is 2.62 bits per heavy atom. The van der Waals surface area contributed by atoms with Crippen molar-refractivity contribution >= 4 is 17.3 Å². The third-order valence-electron chi connectivity index (χ3n) is 6.12. The highest BCUT2D eigenvalue weighted by atomic mass is 35.5. The molecule has 3 rings (SSSR count). The Morgan fingerprint density at radius 1 is 1.38 bits per heavy atom. The number of fused-ring (bicyclic) bond motifs is 2. The van der Waals surface area contributed by atoms with Crippen molar-refractivity contribution in [2.75, 3.05) is 0 Å². The van der Waals surface area contributed by atoms with Crippen molar-refractivity contribution in [1.82, 2.24) is 0 Å². The first-order chi connectivity index (χ1) is 9.77. The molecule has 2 fully saturated rings. The predicted octanol–water partition coefficient (Wildman–Crippen LogP) is 4.84. The van der Waals surface area contributed by atoms with Crippen LogP contribution in [0.4, 0.5) is 5.69 Å². The Morgan fingerprint density at radius 2 is 2.10 bits per heavy atom. The molecule has 3 atom stereocenters. The van der Waals surface area contributed by atoms with Gasteiger partial charge >= 0.3 is 5.69 Å². The van der Waals surface area contributed by atoms with Crippen molar-refractivity contribution in [3.63, 3.8) is 0 Å². The van der Waals surface area contributed by atoms with E-state index in [1.54, 1.807) is 12.1 Å². The van der Waals surface area contributed by atoms with Crippen LogP contribution in [0.5, 0.6) is 5.75 Å². The van der Waals surface area contributed by atoms with Crippen LogP contribution >= 0.6 is 11.6 Å². The van der Waals surface area contributed by atoms with Gasteiger partial charge in [-0.25, -0.2) is 0 Å². The molecular weight excluding hydrogens is 290 g/mol. The maximum absolute atomic E-state index is 11.2. The number of nitrogens with zero attached hydrogens (tertiary/aromatic N) is 1. The van der Waals surface area contributed by atoms with Gasteiger partial charge in [0.1, 0.15) is 11.1 Å². The van der Waals surface area contributed by atoms with Gasteiger partial charge in [0.15, 0.2) is 5.75 Å². The van der Waals surface area contributed by atoms with Crippen molar-refractivity contribution in [3.05, 3.63) is 33.3 Å². The summed E-state index contributed by atoms with van der Waals surface area (Å²) in [5.74, 6) is 0.924. The molecule has 2 bridgehead atoms. The van der Waals surface area contributed by atoms with Crippen molar-refractivity contribution in [3.8, 4) is 5.75 Å². The van der Waals surface area contributed by atoms with Crippen LogP contribution in [-0.2, 0) is 0 Å². The van der Waals surface area contributed by atoms with Gasteiger partial charge in [0, 0.05) is 5.41 Å². The number of ether oxygens (including phenoxy) is 1. The molecule has 21 heavy (non-hydrogen) atoms. The molecule has 0 N–H and O–H groups in total. The molecule has 1 aromatic rings. The zero-order valence-corrected chi connectivity index (χ0v) is 13.3. The van der Waals surface area contributed by atoms with Gasteiger partial charge in [-0.05, 0) is 42.7 Å². The molecule has 0 saturated heterocycles. The van der Waals surface area contributed by atoms with Gasteiger partial charge in [-0.1, -0.05) is 38.4 Å². The number of nitro groups is 1. The van der Waals surface area contributed by atoms with Crippen LogP contribution in [-0.4, -0.2) is 11.0 Å². The van der Waals surface area contributed by atoms with Crippen LogP contribution in [0.1, 0.15) is 40.0 Å². The summed E-state index contributed by atoms with van der Waals surface area (Å²) in [6, 6.07) is 4.87. The lowest BCUT2D eigenvalue weighted by atomic mass is 9.70. The highest BCUT2D eigenvalue weighted by Gasteiger charge is 2.62. The number of hydrogen-bond acceptors (Lipinski definition) is 3. The largest absolute Gasteiger partial charge is 0.483 e. The summed E-state index contributed by atoms with van der Waals surface area (Å²) in [7, 11) is 0. The maximum Gasteiger partial charge on any atom is 0.329 e. The summed E-state index contributed by atoms with van der Waals surface area (Å²) in [5.41, 5.74) is 0.155. The van der Waals surface area contributed by atoms with Crippen LogP contribution in [0.3, 0.4) is 0 Å². The Bertz CT molecular complexity index is 601. The van der Waals surface area contributed by atoms with E-state index in [9.17, 15) is 10.1 Å². The summed E-state index contributed by atoms with van der Waals surface area (Å²) < 4.78 is 6.10. The summed E-state index contributed by atoms with van der Waals surface area (Å²) in [6.45, 7) is 6.84. The summed E-state index contributed by atoms with van der Waals surface area (Å²) in [5, 5.41) is 11.4. The highest BCUT2D eigenvalue weighted by molar-refractivity contribution is 6.32. The molecule has 4 nitrogen and oxygen atoms in total. The fourth-order valence-corrected chi connectivity index (χ4v) is 4.46. The van der Waals surface area contributed by atoms with E-state index >= 15 is 0 Å². The Balaban J connectivity index is 1.93. The highest BCUT2D eigenvalue weighted by Crippen LogP contribution is 2.66. The molecular formula is C16H20ClNO3. The summed E-state index contributed by atoms with van der Waals surface area (Å²) in [6.07, 6.45) is 3.32. The van der Waals surface area contributed by atoms with E-state index in [2.05, 4.69) is 20.8 Å². The first-order valence-electron chi connectivity index (χ1n) is 7.37. The van der Waals surface area contributed by atoms with E-state index in [0.717, 1.165) is 12.8 Å². The fourth-order valence-electron chi connectivity index (χ4n) is 4.23. The van der Waals surface area contributed by atoms with Crippen LogP contribution in [0.25, 0.3) is 0 Å². The summed E-state index contributed by atoms with van der Waals surface area (Å²) >= 11 is 5.96. The first kappa shape index (κ1) is 14.6. The van der Waals surface area contributed by atoms with Crippen LogP contribution in [0.2, 0.25) is 5.02 Å². The number of rotatable bonds is 3. The normalized spacial score (nSPS) is 33.1. The Kier molecular flexibility index (Phi) is 3.21. The van der Waals surface area contributed by atoms with Gasteiger partial charge in [0.2, 0.25) is 0 Å². The molecule has 0 heterocycles. The molecule has 114 valence electrons.